The molecule has 2 aromatic heterocycles. The average molecular weight is 353 g/mol. The van der Waals surface area contributed by atoms with Gasteiger partial charge in [0.1, 0.15) is 5.82 Å². The van der Waals surface area contributed by atoms with Gasteiger partial charge >= 0.3 is 0 Å². The fourth-order valence-corrected chi connectivity index (χ4v) is 2.46. The average Bonchev–Trinajstić information content (AvgIpc) is 2.68. The molecule has 2 heterocycles. The van der Waals surface area contributed by atoms with Gasteiger partial charge in [-0.3, -0.25) is 4.98 Å². The molecule has 0 aliphatic carbocycles. The summed E-state index contributed by atoms with van der Waals surface area (Å²) in [6, 6.07) is 9.08. The monoisotopic (exact) mass is 353 g/mol. The number of aromatic nitrogens is 3. The van der Waals surface area contributed by atoms with Gasteiger partial charge in [0.25, 0.3) is 0 Å². The first-order valence-electron chi connectivity index (χ1n) is 7.77. The largest absolute Gasteiger partial charge is 0.493 e. The molecule has 0 radical (unpaired) electrons. The first-order valence-corrected chi connectivity index (χ1v) is 7.77. The van der Waals surface area contributed by atoms with Gasteiger partial charge in [0, 0.05) is 30.2 Å². The van der Waals surface area contributed by atoms with E-state index in [1.807, 2.05) is 18.2 Å². The van der Waals surface area contributed by atoms with Gasteiger partial charge in [-0.15, -0.1) is 0 Å². The lowest BCUT2D eigenvalue weighted by Crippen LogP contribution is -2.03. The molecule has 3 aromatic rings. The van der Waals surface area contributed by atoms with E-state index in [0.29, 0.717) is 46.0 Å². The SMILES string of the molecule is COc1cc(Nc2ncc(-c3ccccn3)c(N)n2)cc(OC)c1OC. The Morgan fingerprint density at radius 3 is 2.23 bits per heavy atom. The van der Waals surface area contributed by atoms with E-state index in [-0.39, 0.29) is 0 Å². The highest BCUT2D eigenvalue weighted by Crippen LogP contribution is 2.40. The molecule has 8 nitrogen and oxygen atoms in total. The Kier molecular flexibility index (Phi) is 5.02. The van der Waals surface area contributed by atoms with Gasteiger partial charge in [-0.05, 0) is 12.1 Å². The smallest absolute Gasteiger partial charge is 0.229 e. The zero-order chi connectivity index (χ0) is 18.5. The van der Waals surface area contributed by atoms with Crippen LogP contribution in [0.25, 0.3) is 11.3 Å². The molecule has 26 heavy (non-hydrogen) atoms. The van der Waals surface area contributed by atoms with Gasteiger partial charge in [-0.2, -0.15) is 4.98 Å². The molecule has 0 unspecified atom stereocenters. The second-order valence-electron chi connectivity index (χ2n) is 5.25. The number of nitrogens with one attached hydrogen (secondary N) is 1. The molecule has 134 valence electrons. The summed E-state index contributed by atoms with van der Waals surface area (Å²) in [5.74, 6) is 2.22. The van der Waals surface area contributed by atoms with Crippen molar-refractivity contribution in [3.05, 3.63) is 42.7 Å². The molecular formula is C18H19N5O3. The van der Waals surface area contributed by atoms with Crippen LogP contribution in [0.5, 0.6) is 17.2 Å². The van der Waals surface area contributed by atoms with Gasteiger partial charge in [0.2, 0.25) is 11.7 Å². The molecule has 3 rings (SSSR count). The molecule has 1 aromatic carbocycles. The molecule has 0 aliphatic heterocycles. The number of benzene rings is 1. The fourth-order valence-electron chi connectivity index (χ4n) is 2.46. The van der Waals surface area contributed by atoms with Crippen LogP contribution < -0.4 is 25.3 Å². The summed E-state index contributed by atoms with van der Waals surface area (Å²) in [6.45, 7) is 0. The normalized spacial score (nSPS) is 10.3. The standard InChI is InChI=1S/C18H19N5O3/c1-24-14-8-11(9-15(25-2)16(14)26-3)22-18-21-10-12(17(19)23-18)13-6-4-5-7-20-13/h4-10H,1-3H3,(H3,19,21,22,23). The summed E-state index contributed by atoms with van der Waals surface area (Å²) in [5.41, 5.74) is 8.12. The van der Waals surface area contributed by atoms with Crippen LogP contribution in [-0.2, 0) is 0 Å². The van der Waals surface area contributed by atoms with E-state index in [2.05, 4.69) is 20.3 Å². The molecule has 0 fully saturated rings. The maximum Gasteiger partial charge on any atom is 0.229 e. The van der Waals surface area contributed by atoms with Crippen molar-refractivity contribution in [3.8, 4) is 28.5 Å². The van der Waals surface area contributed by atoms with E-state index >= 15 is 0 Å². The van der Waals surface area contributed by atoms with E-state index in [4.69, 9.17) is 19.9 Å². The van der Waals surface area contributed by atoms with Crippen LogP contribution in [0, 0.1) is 0 Å². The molecule has 0 saturated heterocycles. The molecular weight excluding hydrogens is 334 g/mol. The minimum absolute atomic E-state index is 0.327. The summed E-state index contributed by atoms with van der Waals surface area (Å²) in [7, 11) is 4.65. The van der Waals surface area contributed by atoms with Crippen LogP contribution in [0.3, 0.4) is 0 Å². The summed E-state index contributed by atoms with van der Waals surface area (Å²) < 4.78 is 16.0. The number of rotatable bonds is 6. The van der Waals surface area contributed by atoms with Gasteiger partial charge < -0.3 is 25.3 Å². The Hall–Kier alpha value is -3.55. The van der Waals surface area contributed by atoms with E-state index in [0.717, 1.165) is 0 Å². The number of nitrogens with zero attached hydrogens (tertiary/aromatic N) is 3. The first-order chi connectivity index (χ1) is 12.7. The van der Waals surface area contributed by atoms with Crippen molar-refractivity contribution < 1.29 is 14.2 Å². The molecule has 0 aliphatic rings. The Labute approximate surface area is 151 Å². The summed E-state index contributed by atoms with van der Waals surface area (Å²) in [6.07, 6.45) is 3.32. The minimum atomic E-state index is 0.327. The van der Waals surface area contributed by atoms with Crippen molar-refractivity contribution in [1.29, 1.82) is 0 Å². The molecule has 0 spiro atoms. The lowest BCUT2D eigenvalue weighted by Gasteiger charge is -2.15. The number of nitrogens with two attached hydrogens (primary N) is 1. The van der Waals surface area contributed by atoms with E-state index in [1.54, 1.807) is 45.9 Å². The number of hydrogen-bond acceptors (Lipinski definition) is 8. The molecule has 3 N–H and O–H groups in total. The molecule has 0 amide bonds. The van der Waals surface area contributed by atoms with Crippen LogP contribution in [0.15, 0.2) is 42.7 Å². The number of ether oxygens (including phenoxy) is 3. The summed E-state index contributed by atoms with van der Waals surface area (Å²) in [5, 5.41) is 3.09. The van der Waals surface area contributed by atoms with E-state index in [9.17, 15) is 0 Å². The van der Waals surface area contributed by atoms with Crippen molar-refractivity contribution in [2.75, 3.05) is 32.4 Å². The van der Waals surface area contributed by atoms with Gasteiger partial charge in [-0.1, -0.05) is 6.07 Å². The second-order valence-corrected chi connectivity index (χ2v) is 5.25. The second kappa shape index (κ2) is 7.56. The third-order valence-electron chi connectivity index (χ3n) is 3.68. The first kappa shape index (κ1) is 17.3. The highest BCUT2D eigenvalue weighted by atomic mass is 16.5. The molecule has 0 saturated carbocycles. The van der Waals surface area contributed by atoms with Gasteiger partial charge in [0.05, 0.1) is 32.6 Å². The van der Waals surface area contributed by atoms with Crippen molar-refractivity contribution >= 4 is 17.5 Å². The van der Waals surface area contributed by atoms with Crippen LogP contribution in [-0.4, -0.2) is 36.3 Å². The molecule has 0 atom stereocenters. The Bertz CT molecular complexity index is 878. The van der Waals surface area contributed by atoms with Crippen molar-refractivity contribution in [2.24, 2.45) is 0 Å². The van der Waals surface area contributed by atoms with Crippen molar-refractivity contribution in [1.82, 2.24) is 15.0 Å². The van der Waals surface area contributed by atoms with Crippen LogP contribution in [0.2, 0.25) is 0 Å². The number of methoxy groups -OCH3 is 3. The number of anilines is 3. The van der Waals surface area contributed by atoms with E-state index in [1.165, 1.54) is 0 Å². The van der Waals surface area contributed by atoms with Crippen molar-refractivity contribution in [3.63, 3.8) is 0 Å². The van der Waals surface area contributed by atoms with Gasteiger partial charge in [0.15, 0.2) is 11.5 Å². The van der Waals surface area contributed by atoms with Crippen LogP contribution >= 0.6 is 0 Å². The number of pyridine rings is 1. The zero-order valence-corrected chi connectivity index (χ0v) is 14.7. The maximum atomic E-state index is 6.06. The fraction of sp³-hybridized carbons (Fsp3) is 0.167. The highest BCUT2D eigenvalue weighted by molar-refractivity contribution is 5.72. The quantitative estimate of drug-likeness (QED) is 0.697. The van der Waals surface area contributed by atoms with Crippen LogP contribution in [0.1, 0.15) is 0 Å². The Balaban J connectivity index is 1.91. The third-order valence-corrected chi connectivity index (χ3v) is 3.68. The highest BCUT2D eigenvalue weighted by Gasteiger charge is 2.14. The lowest BCUT2D eigenvalue weighted by molar-refractivity contribution is 0.324. The maximum absolute atomic E-state index is 6.06. The Morgan fingerprint density at radius 1 is 0.962 bits per heavy atom. The lowest BCUT2D eigenvalue weighted by atomic mass is 10.2. The van der Waals surface area contributed by atoms with Gasteiger partial charge in [-0.25, -0.2) is 4.98 Å². The topological polar surface area (TPSA) is 104 Å². The summed E-state index contributed by atoms with van der Waals surface area (Å²) in [4.78, 5) is 12.9. The third kappa shape index (κ3) is 3.44. The van der Waals surface area contributed by atoms with Crippen molar-refractivity contribution in [2.45, 2.75) is 0 Å². The molecule has 8 heteroatoms. The number of nitrogen functional groups attached to an aromatic ring is 1. The predicted molar refractivity (Wildman–Crippen MR) is 99.1 cm³/mol. The Morgan fingerprint density at radius 2 is 1.69 bits per heavy atom. The molecule has 0 bridgehead atoms. The predicted octanol–water partition coefficient (Wildman–Crippen LogP) is 2.89. The summed E-state index contributed by atoms with van der Waals surface area (Å²) >= 11 is 0. The zero-order valence-electron chi connectivity index (χ0n) is 14.7. The minimum Gasteiger partial charge on any atom is -0.493 e. The van der Waals surface area contributed by atoms with E-state index < -0.39 is 0 Å². The number of hydrogen-bond donors (Lipinski definition) is 2. The van der Waals surface area contributed by atoms with Crippen LogP contribution in [0.4, 0.5) is 17.5 Å².